The number of halogens is 2. The van der Waals surface area contributed by atoms with E-state index in [2.05, 4.69) is 26.6 Å². The van der Waals surface area contributed by atoms with Gasteiger partial charge in [0.15, 0.2) is 0 Å². The number of para-hydroxylation sites is 1. The van der Waals surface area contributed by atoms with Crippen molar-refractivity contribution in [1.82, 2.24) is 0 Å². The molecule has 2 aromatic rings. The van der Waals surface area contributed by atoms with Gasteiger partial charge >= 0.3 is 6.03 Å². The van der Waals surface area contributed by atoms with E-state index in [1.807, 2.05) is 25.1 Å². The van der Waals surface area contributed by atoms with Crippen LogP contribution < -0.4 is 10.6 Å². The van der Waals surface area contributed by atoms with Gasteiger partial charge in [0, 0.05) is 10.2 Å². The van der Waals surface area contributed by atoms with Crippen molar-refractivity contribution in [2.45, 2.75) is 13.3 Å². The highest BCUT2D eigenvalue weighted by atomic mass is 79.9. The van der Waals surface area contributed by atoms with Crippen molar-refractivity contribution in [3.05, 3.63) is 58.3 Å². The molecule has 0 saturated carbocycles. The van der Waals surface area contributed by atoms with E-state index in [0.29, 0.717) is 5.69 Å². The van der Waals surface area contributed by atoms with E-state index in [1.54, 1.807) is 12.1 Å². The van der Waals surface area contributed by atoms with E-state index in [1.165, 1.54) is 12.1 Å². The average molecular weight is 337 g/mol. The number of aryl methyl sites for hydroxylation is 1. The van der Waals surface area contributed by atoms with E-state index in [4.69, 9.17) is 0 Å². The largest absolute Gasteiger partial charge is 0.323 e. The molecule has 0 bridgehead atoms. The Morgan fingerprint density at radius 2 is 1.85 bits per heavy atom. The zero-order valence-electron chi connectivity index (χ0n) is 10.9. The molecule has 0 aliphatic carbocycles. The summed E-state index contributed by atoms with van der Waals surface area (Å²) in [4.78, 5) is 11.9. The predicted molar refractivity (Wildman–Crippen MR) is 82.6 cm³/mol. The van der Waals surface area contributed by atoms with Crippen LogP contribution in [0.3, 0.4) is 0 Å². The Morgan fingerprint density at radius 1 is 1.15 bits per heavy atom. The van der Waals surface area contributed by atoms with Crippen molar-refractivity contribution in [2.24, 2.45) is 0 Å². The molecule has 5 heteroatoms. The van der Waals surface area contributed by atoms with Gasteiger partial charge in [-0.05, 0) is 42.3 Å². The minimum absolute atomic E-state index is 0.153. The highest BCUT2D eigenvalue weighted by Gasteiger charge is 2.08. The van der Waals surface area contributed by atoms with Gasteiger partial charge in [-0.25, -0.2) is 9.18 Å². The molecular formula is C15H14BrFN2O. The smallest absolute Gasteiger partial charge is 0.307 e. The second kappa shape index (κ2) is 6.52. The average Bonchev–Trinajstić information content (AvgIpc) is 2.43. The first-order valence-corrected chi connectivity index (χ1v) is 7.00. The summed E-state index contributed by atoms with van der Waals surface area (Å²) in [6.45, 7) is 2.00. The standard InChI is InChI=1S/C15H14BrFN2O/c1-2-10-9-11(16)7-8-13(10)18-15(20)19-14-6-4-3-5-12(14)17/h3-9H,2H2,1H3,(H2,18,19,20). The molecule has 0 aromatic heterocycles. The first kappa shape index (κ1) is 14.5. The molecule has 0 fully saturated rings. The minimum Gasteiger partial charge on any atom is -0.307 e. The van der Waals surface area contributed by atoms with Gasteiger partial charge in [0.25, 0.3) is 0 Å². The summed E-state index contributed by atoms with van der Waals surface area (Å²) in [6, 6.07) is 11.2. The molecule has 0 radical (unpaired) electrons. The van der Waals surface area contributed by atoms with Crippen LogP contribution in [0.2, 0.25) is 0 Å². The van der Waals surface area contributed by atoms with Crippen LogP contribution in [-0.4, -0.2) is 6.03 Å². The molecule has 3 nitrogen and oxygen atoms in total. The maximum Gasteiger partial charge on any atom is 0.323 e. The lowest BCUT2D eigenvalue weighted by molar-refractivity contribution is 0.262. The fourth-order valence-electron chi connectivity index (χ4n) is 1.82. The third-order valence-electron chi connectivity index (χ3n) is 2.82. The van der Waals surface area contributed by atoms with Crippen molar-refractivity contribution >= 4 is 33.3 Å². The van der Waals surface area contributed by atoms with Gasteiger partial charge in [-0.2, -0.15) is 0 Å². The normalized spacial score (nSPS) is 10.2. The Kier molecular flexibility index (Phi) is 4.74. The first-order valence-electron chi connectivity index (χ1n) is 6.21. The van der Waals surface area contributed by atoms with E-state index < -0.39 is 11.8 Å². The Bertz CT molecular complexity index is 631. The van der Waals surface area contributed by atoms with Crippen LogP contribution in [0.15, 0.2) is 46.9 Å². The molecule has 2 aromatic carbocycles. The van der Waals surface area contributed by atoms with Gasteiger partial charge in [0.1, 0.15) is 5.82 Å². The molecule has 0 saturated heterocycles. The summed E-state index contributed by atoms with van der Waals surface area (Å²) >= 11 is 3.39. The minimum atomic E-state index is -0.466. The number of carbonyl (C=O) groups excluding carboxylic acids is 1. The van der Waals surface area contributed by atoms with E-state index in [-0.39, 0.29) is 5.69 Å². The van der Waals surface area contributed by atoms with E-state index in [0.717, 1.165) is 16.5 Å². The highest BCUT2D eigenvalue weighted by molar-refractivity contribution is 9.10. The number of nitrogens with one attached hydrogen (secondary N) is 2. The van der Waals surface area contributed by atoms with Gasteiger partial charge in [0.05, 0.1) is 5.69 Å². The number of carbonyl (C=O) groups is 1. The fourth-order valence-corrected chi connectivity index (χ4v) is 2.22. The zero-order chi connectivity index (χ0) is 14.5. The van der Waals surface area contributed by atoms with E-state index in [9.17, 15) is 9.18 Å². The second-order valence-electron chi connectivity index (χ2n) is 4.21. The topological polar surface area (TPSA) is 41.1 Å². The molecule has 2 rings (SSSR count). The fraction of sp³-hybridized carbons (Fsp3) is 0.133. The van der Waals surface area contributed by atoms with Gasteiger partial charge in [-0.3, -0.25) is 0 Å². The third-order valence-corrected chi connectivity index (χ3v) is 3.31. The third kappa shape index (κ3) is 3.57. The van der Waals surface area contributed by atoms with Crippen LogP contribution >= 0.6 is 15.9 Å². The molecule has 0 heterocycles. The van der Waals surface area contributed by atoms with Gasteiger partial charge in [-0.15, -0.1) is 0 Å². The van der Waals surface area contributed by atoms with Crippen LogP contribution in [0.5, 0.6) is 0 Å². The summed E-state index contributed by atoms with van der Waals surface area (Å²) in [6.07, 6.45) is 0.786. The van der Waals surface area contributed by atoms with E-state index >= 15 is 0 Å². The summed E-state index contributed by atoms with van der Waals surface area (Å²) in [7, 11) is 0. The number of anilines is 2. The summed E-state index contributed by atoms with van der Waals surface area (Å²) < 4.78 is 14.4. The van der Waals surface area contributed by atoms with Crippen LogP contribution in [-0.2, 0) is 6.42 Å². The lowest BCUT2D eigenvalue weighted by Gasteiger charge is -2.11. The molecule has 2 N–H and O–H groups in total. The van der Waals surface area contributed by atoms with Crippen molar-refractivity contribution in [3.63, 3.8) is 0 Å². The molecule has 0 spiro atoms. The Labute approximate surface area is 125 Å². The quantitative estimate of drug-likeness (QED) is 0.830. The maximum absolute atomic E-state index is 13.4. The summed E-state index contributed by atoms with van der Waals surface area (Å²) in [5, 5.41) is 5.21. The SMILES string of the molecule is CCc1cc(Br)ccc1NC(=O)Nc1ccccc1F. The highest BCUT2D eigenvalue weighted by Crippen LogP contribution is 2.22. The van der Waals surface area contributed by atoms with Crippen molar-refractivity contribution < 1.29 is 9.18 Å². The lowest BCUT2D eigenvalue weighted by Crippen LogP contribution is -2.20. The van der Waals surface area contributed by atoms with Gasteiger partial charge in [-0.1, -0.05) is 35.0 Å². The van der Waals surface area contributed by atoms with Crippen molar-refractivity contribution in [2.75, 3.05) is 10.6 Å². The molecule has 104 valence electrons. The van der Waals surface area contributed by atoms with Gasteiger partial charge < -0.3 is 10.6 Å². The Hall–Kier alpha value is -1.88. The maximum atomic E-state index is 13.4. The van der Waals surface area contributed by atoms with Crippen molar-refractivity contribution in [3.8, 4) is 0 Å². The monoisotopic (exact) mass is 336 g/mol. The molecular weight excluding hydrogens is 323 g/mol. The predicted octanol–water partition coefficient (Wildman–Crippen LogP) is 4.79. The van der Waals surface area contributed by atoms with Crippen LogP contribution in [0.1, 0.15) is 12.5 Å². The first-order chi connectivity index (χ1) is 9.60. The molecule has 0 unspecified atom stereocenters. The number of amides is 2. The van der Waals surface area contributed by atoms with Crippen molar-refractivity contribution in [1.29, 1.82) is 0 Å². The number of rotatable bonds is 3. The molecule has 0 aliphatic heterocycles. The Morgan fingerprint density at radius 3 is 2.55 bits per heavy atom. The molecule has 2 amide bonds. The van der Waals surface area contributed by atoms with Crippen LogP contribution in [0, 0.1) is 5.82 Å². The number of hydrogen-bond acceptors (Lipinski definition) is 1. The zero-order valence-corrected chi connectivity index (χ0v) is 12.5. The van der Waals surface area contributed by atoms with Gasteiger partial charge in [0.2, 0.25) is 0 Å². The molecule has 0 aliphatic rings. The number of urea groups is 1. The second-order valence-corrected chi connectivity index (χ2v) is 5.13. The summed E-state index contributed by atoms with van der Waals surface area (Å²) in [5.74, 6) is -0.464. The molecule has 20 heavy (non-hydrogen) atoms. The molecule has 0 atom stereocenters. The number of hydrogen-bond donors (Lipinski definition) is 2. The Balaban J connectivity index is 2.11. The van der Waals surface area contributed by atoms with Crippen LogP contribution in [0.25, 0.3) is 0 Å². The van der Waals surface area contributed by atoms with Crippen LogP contribution in [0.4, 0.5) is 20.6 Å². The summed E-state index contributed by atoms with van der Waals surface area (Å²) in [5.41, 5.74) is 1.87. The lowest BCUT2D eigenvalue weighted by atomic mass is 10.1. The number of benzene rings is 2.